The van der Waals surface area contributed by atoms with Crippen LogP contribution in [-0.2, 0) is 4.79 Å². The topological polar surface area (TPSA) is 91.3 Å². The minimum atomic E-state index is -0.719. The number of aliphatic hydroxyl groups is 1. The van der Waals surface area contributed by atoms with E-state index >= 15 is 0 Å². The third-order valence-corrected chi connectivity index (χ3v) is 3.98. The minimum Gasteiger partial charge on any atom is -0.493 e. The predicted molar refractivity (Wildman–Crippen MR) is 93.2 cm³/mol. The highest BCUT2D eigenvalue weighted by molar-refractivity contribution is 5.96. The van der Waals surface area contributed by atoms with E-state index in [9.17, 15) is 14.7 Å². The lowest BCUT2D eigenvalue weighted by molar-refractivity contribution is -0.123. The molecule has 1 saturated heterocycles. The van der Waals surface area contributed by atoms with Crippen LogP contribution < -0.4 is 19.7 Å². The van der Waals surface area contributed by atoms with Crippen molar-refractivity contribution in [2.75, 3.05) is 45.4 Å². The molecular formula is C17H25N3O5. The first-order chi connectivity index (χ1) is 11.8. The van der Waals surface area contributed by atoms with E-state index in [2.05, 4.69) is 5.32 Å². The Balaban J connectivity index is 2.05. The number of carbonyl (C=O) groups excluding carboxylic acids is 2. The first kappa shape index (κ1) is 18.9. The maximum atomic E-state index is 12.6. The average Bonchev–Trinajstić information content (AvgIpc) is 2.94. The van der Waals surface area contributed by atoms with Gasteiger partial charge in [-0.2, -0.15) is 0 Å². The van der Waals surface area contributed by atoms with Gasteiger partial charge in [0, 0.05) is 24.8 Å². The number of ether oxygens (including phenoxy) is 2. The number of nitrogens with one attached hydrogen (secondary N) is 1. The van der Waals surface area contributed by atoms with Crippen molar-refractivity contribution in [1.29, 1.82) is 0 Å². The molecule has 1 aromatic rings. The Hall–Kier alpha value is -2.48. The van der Waals surface area contributed by atoms with Crippen molar-refractivity contribution in [2.24, 2.45) is 0 Å². The van der Waals surface area contributed by atoms with Crippen molar-refractivity contribution < 1.29 is 24.2 Å². The van der Waals surface area contributed by atoms with Gasteiger partial charge < -0.3 is 24.8 Å². The van der Waals surface area contributed by atoms with Crippen LogP contribution in [0.4, 0.5) is 10.5 Å². The van der Waals surface area contributed by atoms with Crippen LogP contribution >= 0.6 is 0 Å². The van der Waals surface area contributed by atoms with Gasteiger partial charge in [0.2, 0.25) is 5.91 Å². The van der Waals surface area contributed by atoms with Crippen LogP contribution in [0.15, 0.2) is 18.2 Å². The van der Waals surface area contributed by atoms with E-state index in [1.807, 2.05) is 0 Å². The first-order valence-electron chi connectivity index (χ1n) is 8.01. The summed E-state index contributed by atoms with van der Waals surface area (Å²) in [6.45, 7) is 4.13. The molecule has 2 N–H and O–H groups in total. The number of aliphatic hydroxyl groups excluding tert-OH is 1. The third kappa shape index (κ3) is 4.33. The second kappa shape index (κ2) is 7.60. The molecule has 8 heteroatoms. The summed E-state index contributed by atoms with van der Waals surface area (Å²) in [7, 11) is 3.08. The van der Waals surface area contributed by atoms with Crippen LogP contribution in [0.3, 0.4) is 0 Å². The molecule has 0 aliphatic carbocycles. The number of methoxy groups -OCH3 is 2. The third-order valence-electron chi connectivity index (χ3n) is 3.98. The van der Waals surface area contributed by atoms with Crippen LogP contribution in [-0.4, -0.2) is 67.9 Å². The Kier molecular flexibility index (Phi) is 5.73. The van der Waals surface area contributed by atoms with Gasteiger partial charge in [0.25, 0.3) is 0 Å². The summed E-state index contributed by atoms with van der Waals surface area (Å²) in [6.07, 6.45) is 0. The standard InChI is InChI=1S/C17H25N3O5/c1-17(2,11-21)18-15(22)10-19-7-8-20(16(19)23)12-5-6-13(24-3)14(9-12)25-4/h5-6,9,21H,7-8,10-11H2,1-4H3,(H,18,22). The highest BCUT2D eigenvalue weighted by Crippen LogP contribution is 2.32. The molecule has 0 unspecified atom stereocenters. The molecule has 25 heavy (non-hydrogen) atoms. The fourth-order valence-corrected chi connectivity index (χ4v) is 2.59. The van der Waals surface area contributed by atoms with Gasteiger partial charge in [0.15, 0.2) is 11.5 Å². The molecule has 1 fully saturated rings. The number of benzene rings is 1. The summed E-state index contributed by atoms with van der Waals surface area (Å²) in [5.41, 5.74) is -0.0376. The zero-order chi connectivity index (χ0) is 18.6. The molecule has 3 amide bonds. The Morgan fingerprint density at radius 2 is 1.92 bits per heavy atom. The van der Waals surface area contributed by atoms with Gasteiger partial charge in [-0.15, -0.1) is 0 Å². The number of amides is 3. The molecule has 0 atom stereocenters. The molecule has 0 saturated carbocycles. The van der Waals surface area contributed by atoms with Crippen molar-refractivity contribution in [3.05, 3.63) is 18.2 Å². The van der Waals surface area contributed by atoms with Crippen molar-refractivity contribution in [3.63, 3.8) is 0 Å². The van der Waals surface area contributed by atoms with Crippen molar-refractivity contribution in [1.82, 2.24) is 10.2 Å². The highest BCUT2D eigenvalue weighted by atomic mass is 16.5. The van der Waals surface area contributed by atoms with Gasteiger partial charge in [-0.25, -0.2) is 4.79 Å². The number of hydrogen-bond donors (Lipinski definition) is 2. The summed E-state index contributed by atoms with van der Waals surface area (Å²) in [5, 5.41) is 11.9. The summed E-state index contributed by atoms with van der Waals surface area (Å²) >= 11 is 0. The fourth-order valence-electron chi connectivity index (χ4n) is 2.59. The van der Waals surface area contributed by atoms with Gasteiger partial charge >= 0.3 is 6.03 Å². The van der Waals surface area contributed by atoms with E-state index in [1.165, 1.54) is 12.0 Å². The summed E-state index contributed by atoms with van der Waals surface area (Å²) in [4.78, 5) is 27.7. The lowest BCUT2D eigenvalue weighted by Crippen LogP contribution is -2.50. The van der Waals surface area contributed by atoms with E-state index in [0.29, 0.717) is 30.3 Å². The smallest absolute Gasteiger partial charge is 0.325 e. The number of hydrogen-bond acceptors (Lipinski definition) is 5. The first-order valence-corrected chi connectivity index (χ1v) is 8.01. The monoisotopic (exact) mass is 351 g/mol. The van der Waals surface area contributed by atoms with E-state index in [1.54, 1.807) is 44.1 Å². The summed E-state index contributed by atoms with van der Waals surface area (Å²) in [6, 6.07) is 5.00. The van der Waals surface area contributed by atoms with E-state index in [-0.39, 0.29) is 25.1 Å². The van der Waals surface area contributed by atoms with Crippen molar-refractivity contribution in [2.45, 2.75) is 19.4 Å². The molecule has 1 aliphatic heterocycles. The molecular weight excluding hydrogens is 326 g/mol. The Morgan fingerprint density at radius 1 is 1.24 bits per heavy atom. The molecule has 0 bridgehead atoms. The van der Waals surface area contributed by atoms with Gasteiger partial charge in [-0.1, -0.05) is 0 Å². The fraction of sp³-hybridized carbons (Fsp3) is 0.529. The van der Waals surface area contributed by atoms with Crippen LogP contribution in [0.5, 0.6) is 11.5 Å². The number of nitrogens with zero attached hydrogens (tertiary/aromatic N) is 2. The normalized spacial score (nSPS) is 14.7. The lowest BCUT2D eigenvalue weighted by atomic mass is 10.1. The Morgan fingerprint density at radius 3 is 2.52 bits per heavy atom. The number of urea groups is 1. The molecule has 1 aromatic carbocycles. The van der Waals surface area contributed by atoms with Gasteiger partial charge in [-0.3, -0.25) is 9.69 Å². The maximum Gasteiger partial charge on any atom is 0.325 e. The largest absolute Gasteiger partial charge is 0.493 e. The van der Waals surface area contributed by atoms with E-state index in [0.717, 1.165) is 0 Å². The van der Waals surface area contributed by atoms with Crippen molar-refractivity contribution in [3.8, 4) is 11.5 Å². The van der Waals surface area contributed by atoms with Gasteiger partial charge in [-0.05, 0) is 26.0 Å². The maximum absolute atomic E-state index is 12.6. The number of anilines is 1. The molecule has 0 radical (unpaired) electrons. The lowest BCUT2D eigenvalue weighted by Gasteiger charge is -2.25. The van der Waals surface area contributed by atoms with Crippen molar-refractivity contribution >= 4 is 17.6 Å². The van der Waals surface area contributed by atoms with Crippen LogP contribution in [0.1, 0.15) is 13.8 Å². The molecule has 2 rings (SSSR count). The van der Waals surface area contributed by atoms with E-state index < -0.39 is 5.54 Å². The van der Waals surface area contributed by atoms with Gasteiger partial charge in [0.1, 0.15) is 6.54 Å². The second-order valence-corrected chi connectivity index (χ2v) is 6.49. The summed E-state index contributed by atoms with van der Waals surface area (Å²) < 4.78 is 10.5. The predicted octanol–water partition coefficient (Wildman–Crippen LogP) is 0.833. The molecule has 138 valence electrons. The molecule has 1 heterocycles. The molecule has 8 nitrogen and oxygen atoms in total. The van der Waals surface area contributed by atoms with Crippen LogP contribution in [0.2, 0.25) is 0 Å². The van der Waals surface area contributed by atoms with Crippen LogP contribution in [0, 0.1) is 0 Å². The minimum absolute atomic E-state index is 0.0496. The molecule has 1 aliphatic rings. The zero-order valence-corrected chi connectivity index (χ0v) is 15.0. The summed E-state index contributed by atoms with van der Waals surface area (Å²) in [5.74, 6) is 0.815. The molecule has 0 spiro atoms. The quantitative estimate of drug-likeness (QED) is 0.759. The van der Waals surface area contributed by atoms with Gasteiger partial charge in [0.05, 0.1) is 26.4 Å². The zero-order valence-electron chi connectivity index (χ0n) is 15.0. The number of carbonyl (C=O) groups is 2. The Labute approximate surface area is 147 Å². The SMILES string of the molecule is COc1ccc(N2CCN(CC(=O)NC(C)(C)CO)C2=O)cc1OC. The van der Waals surface area contributed by atoms with Crippen LogP contribution in [0.25, 0.3) is 0 Å². The second-order valence-electron chi connectivity index (χ2n) is 6.49. The molecule has 0 aromatic heterocycles. The highest BCUT2D eigenvalue weighted by Gasteiger charge is 2.32. The number of rotatable bonds is 7. The van der Waals surface area contributed by atoms with E-state index in [4.69, 9.17) is 9.47 Å². The Bertz CT molecular complexity index is 647. The average molecular weight is 351 g/mol.